The molecule has 0 atom stereocenters. The minimum Gasteiger partial charge on any atom is -0.348 e. The van der Waals surface area contributed by atoms with E-state index in [0.717, 1.165) is 21.8 Å². The first kappa shape index (κ1) is 15.7. The summed E-state index contributed by atoms with van der Waals surface area (Å²) < 4.78 is 0. The van der Waals surface area contributed by atoms with Crippen LogP contribution in [0.15, 0.2) is 53.9 Å². The van der Waals surface area contributed by atoms with Crippen molar-refractivity contribution in [1.82, 2.24) is 10.3 Å². The maximum Gasteiger partial charge on any atom is 0.251 e. The second kappa shape index (κ2) is 6.94. The van der Waals surface area contributed by atoms with Gasteiger partial charge in [-0.05, 0) is 42.8 Å². The molecule has 2 aromatic carbocycles. The summed E-state index contributed by atoms with van der Waals surface area (Å²) >= 11 is 7.45. The highest BCUT2D eigenvalue weighted by Gasteiger charge is 2.07. The fourth-order valence-electron chi connectivity index (χ4n) is 2.19. The van der Waals surface area contributed by atoms with Crippen molar-refractivity contribution in [2.75, 3.05) is 0 Å². The van der Waals surface area contributed by atoms with Gasteiger partial charge in [0.05, 0.1) is 0 Å². The molecule has 0 aliphatic rings. The largest absolute Gasteiger partial charge is 0.348 e. The van der Waals surface area contributed by atoms with Gasteiger partial charge in [-0.3, -0.25) is 4.79 Å². The van der Waals surface area contributed by atoms with Crippen LogP contribution in [0.5, 0.6) is 0 Å². The Morgan fingerprint density at radius 3 is 2.70 bits per heavy atom. The van der Waals surface area contributed by atoms with E-state index in [9.17, 15) is 4.79 Å². The lowest BCUT2D eigenvalue weighted by Crippen LogP contribution is -2.22. The summed E-state index contributed by atoms with van der Waals surface area (Å²) in [4.78, 5) is 16.6. The number of carbonyl (C=O) groups excluding carboxylic acids is 1. The maximum absolute atomic E-state index is 12.1. The molecule has 3 nitrogen and oxygen atoms in total. The lowest BCUT2D eigenvalue weighted by Gasteiger charge is -2.07. The quantitative estimate of drug-likeness (QED) is 0.746. The van der Waals surface area contributed by atoms with E-state index in [0.29, 0.717) is 17.1 Å². The number of nitrogens with one attached hydrogen (secondary N) is 1. The molecule has 0 saturated heterocycles. The van der Waals surface area contributed by atoms with Gasteiger partial charge in [0.2, 0.25) is 0 Å². The van der Waals surface area contributed by atoms with Crippen LogP contribution >= 0.6 is 22.9 Å². The molecule has 3 aromatic rings. The molecule has 3 rings (SSSR count). The van der Waals surface area contributed by atoms with E-state index in [2.05, 4.69) is 16.4 Å². The van der Waals surface area contributed by atoms with E-state index in [4.69, 9.17) is 11.6 Å². The van der Waals surface area contributed by atoms with Crippen molar-refractivity contribution in [3.05, 3.63) is 75.8 Å². The van der Waals surface area contributed by atoms with Crippen LogP contribution in [0, 0.1) is 6.92 Å². The first-order valence-electron chi connectivity index (χ1n) is 7.17. The molecule has 0 saturated carbocycles. The maximum atomic E-state index is 12.1. The Labute approximate surface area is 144 Å². The van der Waals surface area contributed by atoms with Crippen LogP contribution in [0.4, 0.5) is 0 Å². The summed E-state index contributed by atoms with van der Waals surface area (Å²) in [6.07, 6.45) is 0. The van der Waals surface area contributed by atoms with Crippen LogP contribution in [-0.4, -0.2) is 10.9 Å². The lowest BCUT2D eigenvalue weighted by molar-refractivity contribution is 0.0951. The number of benzene rings is 2. The van der Waals surface area contributed by atoms with Gasteiger partial charge in [-0.15, -0.1) is 11.3 Å². The normalized spacial score (nSPS) is 10.5. The van der Waals surface area contributed by atoms with Crippen LogP contribution in [-0.2, 0) is 6.54 Å². The molecule has 0 aliphatic carbocycles. The molecule has 0 radical (unpaired) electrons. The Hall–Kier alpha value is -2.17. The van der Waals surface area contributed by atoms with Gasteiger partial charge in [0.15, 0.2) is 0 Å². The van der Waals surface area contributed by atoms with E-state index in [1.54, 1.807) is 35.6 Å². The number of aromatic nitrogens is 1. The smallest absolute Gasteiger partial charge is 0.251 e. The predicted octanol–water partition coefficient (Wildman–Crippen LogP) is 4.70. The van der Waals surface area contributed by atoms with Crippen LogP contribution < -0.4 is 5.32 Å². The van der Waals surface area contributed by atoms with E-state index in [1.165, 1.54) is 0 Å². The van der Waals surface area contributed by atoms with Gasteiger partial charge < -0.3 is 5.32 Å². The minimum atomic E-state index is -0.114. The summed E-state index contributed by atoms with van der Waals surface area (Å²) in [6.45, 7) is 2.45. The fourth-order valence-corrected chi connectivity index (χ4v) is 3.11. The van der Waals surface area contributed by atoms with Crippen LogP contribution in [0.3, 0.4) is 0 Å². The molecule has 116 valence electrons. The monoisotopic (exact) mass is 342 g/mol. The number of thiazole rings is 1. The average molecular weight is 343 g/mol. The lowest BCUT2D eigenvalue weighted by atomic mass is 10.1. The predicted molar refractivity (Wildman–Crippen MR) is 94.9 cm³/mol. The molecule has 0 spiro atoms. The first-order chi connectivity index (χ1) is 11.1. The van der Waals surface area contributed by atoms with Gasteiger partial charge in [-0.25, -0.2) is 4.98 Å². The highest BCUT2D eigenvalue weighted by atomic mass is 35.5. The topological polar surface area (TPSA) is 42.0 Å². The molecule has 23 heavy (non-hydrogen) atoms. The number of nitrogens with zero attached hydrogens (tertiary/aromatic N) is 1. The molecular weight excluding hydrogens is 328 g/mol. The van der Waals surface area contributed by atoms with Crippen molar-refractivity contribution in [1.29, 1.82) is 0 Å². The fraction of sp³-hybridized carbons (Fsp3) is 0.111. The number of aryl methyl sites for hydroxylation is 1. The summed E-state index contributed by atoms with van der Waals surface area (Å²) in [5, 5.41) is 6.56. The Bertz CT molecular complexity index is 827. The molecular formula is C18H15ClN2OS. The third kappa shape index (κ3) is 3.97. The molecule has 1 heterocycles. The second-order valence-electron chi connectivity index (χ2n) is 5.18. The number of carbonyl (C=O) groups is 1. The van der Waals surface area contributed by atoms with E-state index in [1.807, 2.05) is 30.5 Å². The molecule has 5 heteroatoms. The zero-order valence-corrected chi connectivity index (χ0v) is 14.1. The van der Waals surface area contributed by atoms with Crippen molar-refractivity contribution in [2.24, 2.45) is 0 Å². The Morgan fingerprint density at radius 1 is 1.22 bits per heavy atom. The summed E-state index contributed by atoms with van der Waals surface area (Å²) in [6, 6.07) is 14.9. The second-order valence-corrected chi connectivity index (χ2v) is 6.48. The number of hydrogen-bond acceptors (Lipinski definition) is 3. The number of hydrogen-bond donors (Lipinski definition) is 1. The highest BCUT2D eigenvalue weighted by Crippen LogP contribution is 2.24. The van der Waals surface area contributed by atoms with Crippen molar-refractivity contribution >= 4 is 28.8 Å². The molecule has 1 N–H and O–H groups in total. The molecule has 1 aromatic heterocycles. The molecule has 1 amide bonds. The van der Waals surface area contributed by atoms with Crippen molar-refractivity contribution < 1.29 is 4.79 Å². The van der Waals surface area contributed by atoms with Crippen molar-refractivity contribution in [3.63, 3.8) is 0 Å². The molecule has 0 unspecified atom stereocenters. The van der Waals surface area contributed by atoms with Gasteiger partial charge in [-0.2, -0.15) is 0 Å². The van der Waals surface area contributed by atoms with Crippen molar-refractivity contribution in [2.45, 2.75) is 13.5 Å². The molecule has 0 aliphatic heterocycles. The molecule has 0 fully saturated rings. The summed E-state index contributed by atoms with van der Waals surface area (Å²) in [5.74, 6) is -0.114. The Kier molecular flexibility index (Phi) is 4.74. The summed E-state index contributed by atoms with van der Waals surface area (Å²) in [5.41, 5.74) is 3.73. The van der Waals surface area contributed by atoms with Gasteiger partial charge in [0.25, 0.3) is 5.91 Å². The van der Waals surface area contributed by atoms with Gasteiger partial charge in [0.1, 0.15) is 5.01 Å². The van der Waals surface area contributed by atoms with Crippen LogP contribution in [0.25, 0.3) is 10.6 Å². The van der Waals surface area contributed by atoms with E-state index < -0.39 is 0 Å². The van der Waals surface area contributed by atoms with Crippen LogP contribution in [0.2, 0.25) is 5.02 Å². The third-order valence-electron chi connectivity index (χ3n) is 3.35. The first-order valence-corrected chi connectivity index (χ1v) is 8.43. The van der Waals surface area contributed by atoms with Crippen molar-refractivity contribution in [3.8, 4) is 10.6 Å². The standard InChI is InChI=1S/C18H15ClN2OS/c1-12-11-23-18(21-12)15-4-2-3-13(9-15)10-20-17(22)14-5-7-16(19)8-6-14/h2-9,11H,10H2,1H3,(H,20,22). The van der Waals surface area contributed by atoms with Gasteiger partial charge >= 0.3 is 0 Å². The number of halogens is 1. The van der Waals surface area contributed by atoms with Gasteiger partial charge in [0, 0.05) is 33.8 Å². The van der Waals surface area contributed by atoms with E-state index in [-0.39, 0.29) is 5.91 Å². The van der Waals surface area contributed by atoms with Crippen LogP contribution in [0.1, 0.15) is 21.6 Å². The number of rotatable bonds is 4. The Morgan fingerprint density at radius 2 is 2.00 bits per heavy atom. The Balaban J connectivity index is 1.68. The zero-order valence-electron chi connectivity index (χ0n) is 12.5. The zero-order chi connectivity index (χ0) is 16.2. The summed E-state index contributed by atoms with van der Waals surface area (Å²) in [7, 11) is 0. The highest BCUT2D eigenvalue weighted by molar-refractivity contribution is 7.13. The third-order valence-corrected chi connectivity index (χ3v) is 4.61. The number of amides is 1. The SMILES string of the molecule is Cc1csc(-c2cccc(CNC(=O)c3ccc(Cl)cc3)c2)n1. The average Bonchev–Trinajstić information content (AvgIpc) is 3.00. The molecule has 0 bridgehead atoms. The minimum absolute atomic E-state index is 0.114. The van der Waals surface area contributed by atoms with Gasteiger partial charge in [-0.1, -0.05) is 29.8 Å². The van der Waals surface area contributed by atoms with E-state index >= 15 is 0 Å².